The van der Waals surface area contributed by atoms with Crippen molar-refractivity contribution < 1.29 is 23.2 Å². The van der Waals surface area contributed by atoms with E-state index in [1.807, 2.05) is 23.1 Å². The molecule has 16 heavy (non-hydrogen) atoms. The number of rotatable bonds is 4. The van der Waals surface area contributed by atoms with Gasteiger partial charge in [-0.3, -0.25) is 0 Å². The summed E-state index contributed by atoms with van der Waals surface area (Å²) in [6.07, 6.45) is 3.28. The molecule has 2 unspecified atom stereocenters. The lowest BCUT2D eigenvalue weighted by Gasteiger charge is -1.83. The molecule has 0 fully saturated rings. The zero-order valence-electron chi connectivity index (χ0n) is 8.69. The Morgan fingerprint density at radius 2 is 2.00 bits per heavy atom. The largest absolute Gasteiger partial charge is 0.745 e. The van der Waals surface area contributed by atoms with Crippen molar-refractivity contribution in [3.63, 3.8) is 0 Å². The Kier molecular flexibility index (Phi) is 9.26. The van der Waals surface area contributed by atoms with Crippen LogP contribution in [-0.4, -0.2) is 16.0 Å². The lowest BCUT2D eigenvalue weighted by molar-refractivity contribution is 0.371. The van der Waals surface area contributed by atoms with Crippen LogP contribution in [0.3, 0.4) is 0 Å². The topological polar surface area (TPSA) is 83.8 Å². The van der Waals surface area contributed by atoms with Gasteiger partial charge in [0.2, 0.25) is 0 Å². The third kappa shape index (κ3) is 8.30. The lowest BCUT2D eigenvalue weighted by atomic mass is 10.3. The fourth-order valence-electron chi connectivity index (χ4n) is 0.705. The van der Waals surface area contributed by atoms with Gasteiger partial charge in [-0.2, -0.15) is 0 Å². The van der Waals surface area contributed by atoms with Gasteiger partial charge in [0.05, 0.1) is 4.21 Å². The molecule has 2 N–H and O–H groups in total. The lowest BCUT2D eigenvalue weighted by Crippen LogP contribution is -1.67. The Balaban J connectivity index is 0.000000293. The molecule has 1 rings (SSSR count). The van der Waals surface area contributed by atoms with Crippen LogP contribution in [0, 0.1) is 0 Å². The number of hydrogen-bond acceptors (Lipinski definition) is 5. The average Bonchev–Trinajstić information content (AvgIpc) is 2.63. The molecule has 1 aromatic rings. The molecule has 0 bridgehead atoms. The summed E-state index contributed by atoms with van der Waals surface area (Å²) < 4.78 is 23.6. The van der Waals surface area contributed by atoms with E-state index < -0.39 is 16.5 Å². The van der Waals surface area contributed by atoms with E-state index in [2.05, 4.69) is 28.9 Å². The Hall–Kier alpha value is 0.130. The van der Waals surface area contributed by atoms with E-state index in [1.54, 1.807) is 0 Å². The van der Waals surface area contributed by atoms with E-state index >= 15 is 0 Å². The van der Waals surface area contributed by atoms with Crippen molar-refractivity contribution in [3.8, 4) is 0 Å². The standard InChI is InChI=1S/C7H10S2.O5P2/c1-3-6-4-7(8-2)9-5-6;1-6(2)5-7(3)4/h4-5H,3H2,1-2H3;/p+2. The van der Waals surface area contributed by atoms with Gasteiger partial charge in [-0.15, -0.1) is 32.9 Å². The predicted molar refractivity (Wildman–Crippen MR) is 66.2 cm³/mol. The minimum absolute atomic E-state index is 1.16. The van der Waals surface area contributed by atoms with Crippen LogP contribution in [0.15, 0.2) is 15.7 Å². The molecule has 0 aliphatic rings. The van der Waals surface area contributed by atoms with Gasteiger partial charge in [0.1, 0.15) is 0 Å². The maximum atomic E-state index is 9.39. The summed E-state index contributed by atoms with van der Waals surface area (Å²) in [5, 5.41) is 2.23. The summed E-state index contributed by atoms with van der Waals surface area (Å²) in [6, 6.07) is 2.26. The highest BCUT2D eigenvalue weighted by atomic mass is 32.2. The van der Waals surface area contributed by atoms with Crippen molar-refractivity contribution in [1.29, 1.82) is 0 Å². The third-order valence-electron chi connectivity index (χ3n) is 1.38. The fourth-order valence-corrected chi connectivity index (χ4v) is 2.70. The van der Waals surface area contributed by atoms with Crippen LogP contribution in [0.2, 0.25) is 0 Å². The van der Waals surface area contributed by atoms with Crippen LogP contribution in [0.1, 0.15) is 12.5 Å². The molecule has 0 saturated heterocycles. The minimum Gasteiger partial charge on any atom is -0.137 e. The van der Waals surface area contributed by atoms with E-state index in [9.17, 15) is 9.13 Å². The second kappa shape index (κ2) is 9.19. The Morgan fingerprint density at radius 3 is 2.19 bits per heavy atom. The first-order chi connectivity index (χ1) is 7.49. The Bertz CT molecular complexity index is 324. The maximum Gasteiger partial charge on any atom is 0.745 e. The molecule has 9 heteroatoms. The van der Waals surface area contributed by atoms with Crippen LogP contribution in [-0.2, 0) is 19.9 Å². The van der Waals surface area contributed by atoms with Crippen LogP contribution in [0.5, 0.6) is 0 Å². The first-order valence-corrected chi connectivity index (χ1v) is 8.47. The normalized spacial score (nSPS) is 11.5. The maximum absolute atomic E-state index is 9.39. The summed E-state index contributed by atoms with van der Waals surface area (Å²) in [5.74, 6) is 0. The highest BCUT2D eigenvalue weighted by molar-refractivity contribution is 8.00. The highest BCUT2D eigenvalue weighted by Gasteiger charge is 2.31. The predicted octanol–water partition coefficient (Wildman–Crippen LogP) is 3.33. The number of thioether (sulfide) groups is 1. The van der Waals surface area contributed by atoms with Gasteiger partial charge in [0.25, 0.3) is 0 Å². The third-order valence-corrected chi connectivity index (χ3v) is 4.58. The van der Waals surface area contributed by atoms with Gasteiger partial charge in [-0.1, -0.05) is 6.92 Å². The smallest absolute Gasteiger partial charge is 0.137 e. The van der Waals surface area contributed by atoms with Crippen molar-refractivity contribution in [2.24, 2.45) is 0 Å². The second-order valence-electron chi connectivity index (χ2n) is 2.39. The molecule has 0 radical (unpaired) electrons. The van der Waals surface area contributed by atoms with Crippen molar-refractivity contribution in [2.75, 3.05) is 6.26 Å². The molecule has 0 aromatic carbocycles. The average molecular weight is 302 g/mol. The van der Waals surface area contributed by atoms with Crippen molar-refractivity contribution in [2.45, 2.75) is 17.6 Å². The van der Waals surface area contributed by atoms with Gasteiger partial charge < -0.3 is 0 Å². The van der Waals surface area contributed by atoms with Gasteiger partial charge in [-0.25, -0.2) is 0 Å². The highest BCUT2D eigenvalue weighted by Crippen LogP contribution is 2.30. The number of thiophene rings is 1. The second-order valence-corrected chi connectivity index (χ2v) is 6.01. The summed E-state index contributed by atoms with van der Waals surface area (Å²) in [7, 11) is -5.85. The quantitative estimate of drug-likeness (QED) is 0.655. The molecule has 0 aliphatic carbocycles. The van der Waals surface area contributed by atoms with Gasteiger partial charge in [-0.05, 0) is 29.7 Å². The molecule has 1 heterocycles. The van der Waals surface area contributed by atoms with Crippen LogP contribution < -0.4 is 0 Å². The molecular weight excluding hydrogens is 290 g/mol. The van der Waals surface area contributed by atoms with Crippen molar-refractivity contribution in [1.82, 2.24) is 0 Å². The molecule has 0 amide bonds. The summed E-state index contributed by atoms with van der Waals surface area (Å²) in [5.41, 5.74) is 1.46. The molecule has 0 spiro atoms. The zero-order chi connectivity index (χ0) is 12.6. The van der Waals surface area contributed by atoms with Gasteiger partial charge >= 0.3 is 16.5 Å². The fraction of sp³-hybridized carbons (Fsp3) is 0.429. The van der Waals surface area contributed by atoms with Crippen molar-refractivity contribution >= 4 is 39.6 Å². The van der Waals surface area contributed by atoms with Crippen LogP contribution in [0.25, 0.3) is 0 Å². The molecule has 5 nitrogen and oxygen atoms in total. The molecule has 0 saturated carbocycles. The summed E-state index contributed by atoms with van der Waals surface area (Å²) in [6.45, 7) is 2.19. The van der Waals surface area contributed by atoms with E-state index in [0.29, 0.717) is 0 Å². The van der Waals surface area contributed by atoms with Crippen LogP contribution >= 0.6 is 39.6 Å². The molecule has 1 aromatic heterocycles. The van der Waals surface area contributed by atoms with E-state index in [4.69, 9.17) is 9.79 Å². The van der Waals surface area contributed by atoms with Crippen LogP contribution in [0.4, 0.5) is 0 Å². The van der Waals surface area contributed by atoms with E-state index in [-0.39, 0.29) is 0 Å². The minimum atomic E-state index is -2.92. The first kappa shape index (κ1) is 16.1. The molecule has 90 valence electrons. The van der Waals surface area contributed by atoms with E-state index in [0.717, 1.165) is 6.42 Å². The summed E-state index contributed by atoms with van der Waals surface area (Å²) >= 11 is 3.66. The Labute approximate surface area is 104 Å². The molecular formula is C7H12O5P2S2+2. The summed E-state index contributed by atoms with van der Waals surface area (Å²) in [4.78, 5) is 15.3. The Morgan fingerprint density at radius 1 is 1.44 bits per heavy atom. The van der Waals surface area contributed by atoms with E-state index in [1.165, 1.54) is 9.77 Å². The first-order valence-electron chi connectivity index (χ1n) is 4.11. The molecule has 0 aliphatic heterocycles. The zero-order valence-corrected chi connectivity index (χ0v) is 12.1. The van der Waals surface area contributed by atoms with Gasteiger partial charge in [0, 0.05) is 9.13 Å². The number of hydrogen-bond donors (Lipinski definition) is 2. The monoisotopic (exact) mass is 302 g/mol. The SMILES string of the molecule is CCc1csc(SC)c1.O=[P+](O)O[P+](=O)O. The molecule has 2 atom stereocenters. The number of aryl methyl sites for hydroxylation is 1. The van der Waals surface area contributed by atoms with Crippen molar-refractivity contribution in [3.05, 3.63) is 17.0 Å². The van der Waals surface area contributed by atoms with Gasteiger partial charge in [0.15, 0.2) is 4.31 Å².